The van der Waals surface area contributed by atoms with Crippen molar-refractivity contribution >= 4 is 23.3 Å². The maximum absolute atomic E-state index is 13.4. The topological polar surface area (TPSA) is 64.7 Å². The normalized spacial score (nSPS) is 11.3. The smallest absolute Gasteiger partial charge is 0.318 e. The Morgan fingerprint density at radius 2 is 1.62 bits per heavy atom. The minimum atomic E-state index is -0.407. The van der Waals surface area contributed by atoms with E-state index in [0.29, 0.717) is 18.8 Å². The van der Waals surface area contributed by atoms with Crippen molar-refractivity contribution in [3.8, 4) is 0 Å². The summed E-state index contributed by atoms with van der Waals surface area (Å²) in [5, 5.41) is 5.94. The lowest BCUT2D eigenvalue weighted by atomic mass is 10.1. The second kappa shape index (κ2) is 10.5. The van der Waals surface area contributed by atoms with Gasteiger partial charge in [-0.1, -0.05) is 26.0 Å². The van der Waals surface area contributed by atoms with Gasteiger partial charge in [-0.05, 0) is 62.2 Å². The van der Waals surface area contributed by atoms with Crippen LogP contribution in [0.3, 0.4) is 0 Å². The molecule has 0 bridgehead atoms. The summed E-state index contributed by atoms with van der Waals surface area (Å²) in [6, 6.07) is 11.6. The van der Waals surface area contributed by atoms with Crippen LogP contribution in [0.2, 0.25) is 0 Å². The third kappa shape index (κ3) is 7.55. The highest BCUT2D eigenvalue weighted by Crippen LogP contribution is 2.26. The van der Waals surface area contributed by atoms with Crippen LogP contribution in [0.1, 0.15) is 45.7 Å². The van der Waals surface area contributed by atoms with Crippen LogP contribution in [0, 0.1) is 11.7 Å². The molecule has 2 rings (SSSR count). The standard InChI is InChI=1S/C25H35FN4O2/c1-17(2)23(31)27-21-12-13-22(29(6)7)19(14-21)16-30(24(32)28-25(3,4)5)15-18-8-10-20(26)11-9-18/h8-14,17H,15-16H2,1-7H3,(H,27,31)(H,28,32). The Morgan fingerprint density at radius 1 is 1.00 bits per heavy atom. The fourth-order valence-electron chi connectivity index (χ4n) is 3.13. The molecule has 0 aliphatic rings. The second-order valence-corrected chi connectivity index (χ2v) is 9.54. The number of rotatable bonds is 7. The molecular weight excluding hydrogens is 407 g/mol. The van der Waals surface area contributed by atoms with Crippen molar-refractivity contribution in [1.82, 2.24) is 10.2 Å². The Balaban J connectivity index is 2.39. The fourth-order valence-corrected chi connectivity index (χ4v) is 3.13. The molecule has 0 fully saturated rings. The number of amides is 3. The molecule has 2 N–H and O–H groups in total. The zero-order chi connectivity index (χ0) is 24.1. The predicted molar refractivity (Wildman–Crippen MR) is 128 cm³/mol. The van der Waals surface area contributed by atoms with Crippen molar-refractivity contribution in [2.24, 2.45) is 5.92 Å². The number of urea groups is 1. The van der Waals surface area contributed by atoms with Gasteiger partial charge in [0.15, 0.2) is 0 Å². The first-order valence-corrected chi connectivity index (χ1v) is 10.8. The number of carbonyl (C=O) groups excluding carboxylic acids is 2. The van der Waals surface area contributed by atoms with Crippen LogP contribution in [0.4, 0.5) is 20.6 Å². The van der Waals surface area contributed by atoms with Crippen LogP contribution in [0.15, 0.2) is 42.5 Å². The van der Waals surface area contributed by atoms with E-state index in [-0.39, 0.29) is 23.7 Å². The van der Waals surface area contributed by atoms with E-state index in [2.05, 4.69) is 10.6 Å². The molecule has 0 aliphatic heterocycles. The molecule has 3 amide bonds. The van der Waals surface area contributed by atoms with Gasteiger partial charge in [0.25, 0.3) is 0 Å². The van der Waals surface area contributed by atoms with Crippen molar-refractivity contribution in [2.75, 3.05) is 24.3 Å². The molecule has 0 radical (unpaired) electrons. The van der Waals surface area contributed by atoms with Crippen LogP contribution in [-0.2, 0) is 17.9 Å². The van der Waals surface area contributed by atoms with Crippen molar-refractivity contribution in [2.45, 2.75) is 53.2 Å². The Kier molecular flexibility index (Phi) is 8.25. The average Bonchev–Trinajstić information content (AvgIpc) is 2.67. The van der Waals surface area contributed by atoms with Gasteiger partial charge in [0.2, 0.25) is 5.91 Å². The monoisotopic (exact) mass is 442 g/mol. The van der Waals surface area contributed by atoms with E-state index >= 15 is 0 Å². The van der Waals surface area contributed by atoms with Crippen LogP contribution < -0.4 is 15.5 Å². The highest BCUT2D eigenvalue weighted by atomic mass is 19.1. The summed E-state index contributed by atoms with van der Waals surface area (Å²) in [6.45, 7) is 10.1. The van der Waals surface area contributed by atoms with Gasteiger partial charge < -0.3 is 20.4 Å². The van der Waals surface area contributed by atoms with Crippen LogP contribution >= 0.6 is 0 Å². The lowest BCUT2D eigenvalue weighted by Gasteiger charge is -2.30. The number of carbonyl (C=O) groups is 2. The molecule has 0 saturated carbocycles. The molecular formula is C25H35FN4O2. The SMILES string of the molecule is CC(C)C(=O)Nc1ccc(N(C)C)c(CN(Cc2ccc(F)cc2)C(=O)NC(C)(C)C)c1. The van der Waals surface area contributed by atoms with E-state index < -0.39 is 5.54 Å². The highest BCUT2D eigenvalue weighted by Gasteiger charge is 2.22. The molecule has 0 aromatic heterocycles. The molecule has 0 spiro atoms. The van der Waals surface area contributed by atoms with Gasteiger partial charge in [-0.25, -0.2) is 9.18 Å². The van der Waals surface area contributed by atoms with Gasteiger partial charge in [-0.2, -0.15) is 0 Å². The Hall–Kier alpha value is -3.09. The summed E-state index contributed by atoms with van der Waals surface area (Å²) in [7, 11) is 3.87. The lowest BCUT2D eigenvalue weighted by Crippen LogP contribution is -2.48. The predicted octanol–water partition coefficient (Wildman–Crippen LogP) is 5.00. The third-order valence-corrected chi connectivity index (χ3v) is 4.77. The molecule has 2 aromatic carbocycles. The van der Waals surface area contributed by atoms with Gasteiger partial charge >= 0.3 is 6.03 Å². The van der Waals surface area contributed by atoms with Crippen LogP contribution in [0.5, 0.6) is 0 Å². The number of halogens is 1. The van der Waals surface area contributed by atoms with Gasteiger partial charge in [-0.15, -0.1) is 0 Å². The molecule has 6 nitrogen and oxygen atoms in total. The van der Waals surface area contributed by atoms with E-state index in [1.807, 2.05) is 71.8 Å². The third-order valence-electron chi connectivity index (χ3n) is 4.77. The van der Waals surface area contributed by atoms with E-state index in [4.69, 9.17) is 0 Å². The summed E-state index contributed by atoms with van der Waals surface area (Å²) >= 11 is 0. The molecule has 0 atom stereocenters. The van der Waals surface area contributed by atoms with Crippen LogP contribution in [-0.4, -0.2) is 36.5 Å². The largest absolute Gasteiger partial charge is 0.377 e. The van der Waals surface area contributed by atoms with Gasteiger partial charge in [0.1, 0.15) is 5.82 Å². The summed E-state index contributed by atoms with van der Waals surface area (Å²) in [5.41, 5.74) is 2.94. The van der Waals surface area contributed by atoms with Crippen LogP contribution in [0.25, 0.3) is 0 Å². The Labute approximate surface area is 190 Å². The van der Waals surface area contributed by atoms with Gasteiger partial charge in [0, 0.05) is 50.0 Å². The summed E-state index contributed by atoms with van der Waals surface area (Å²) in [4.78, 5) is 29.0. The molecule has 174 valence electrons. The van der Waals surface area contributed by atoms with E-state index in [1.165, 1.54) is 12.1 Å². The molecule has 0 heterocycles. The van der Waals surface area contributed by atoms with E-state index in [0.717, 1.165) is 16.8 Å². The zero-order valence-electron chi connectivity index (χ0n) is 20.1. The first kappa shape index (κ1) is 25.2. The van der Waals surface area contributed by atoms with Crippen molar-refractivity contribution in [3.05, 3.63) is 59.4 Å². The molecule has 32 heavy (non-hydrogen) atoms. The lowest BCUT2D eigenvalue weighted by molar-refractivity contribution is -0.118. The highest BCUT2D eigenvalue weighted by molar-refractivity contribution is 5.92. The minimum Gasteiger partial charge on any atom is -0.377 e. The Morgan fingerprint density at radius 3 is 2.16 bits per heavy atom. The van der Waals surface area contributed by atoms with E-state index in [9.17, 15) is 14.0 Å². The Bertz CT molecular complexity index is 934. The molecule has 0 saturated heterocycles. The average molecular weight is 443 g/mol. The first-order chi connectivity index (χ1) is 14.9. The number of hydrogen-bond acceptors (Lipinski definition) is 3. The fraction of sp³-hybridized carbons (Fsp3) is 0.440. The minimum absolute atomic E-state index is 0.0674. The van der Waals surface area contributed by atoms with Gasteiger partial charge in [0.05, 0.1) is 0 Å². The second-order valence-electron chi connectivity index (χ2n) is 9.54. The number of anilines is 2. The number of benzene rings is 2. The number of hydrogen-bond donors (Lipinski definition) is 2. The summed E-state index contributed by atoms with van der Waals surface area (Å²) in [6.07, 6.45) is 0. The molecule has 2 aromatic rings. The maximum atomic E-state index is 13.4. The molecule has 0 aliphatic carbocycles. The summed E-state index contributed by atoms with van der Waals surface area (Å²) in [5.74, 6) is -0.523. The van der Waals surface area contributed by atoms with Crippen molar-refractivity contribution < 1.29 is 14.0 Å². The number of nitrogens with one attached hydrogen (secondary N) is 2. The van der Waals surface area contributed by atoms with Crippen molar-refractivity contribution in [1.29, 1.82) is 0 Å². The zero-order valence-corrected chi connectivity index (χ0v) is 20.1. The summed E-state index contributed by atoms with van der Waals surface area (Å²) < 4.78 is 13.4. The number of nitrogens with zero attached hydrogens (tertiary/aromatic N) is 2. The quantitative estimate of drug-likeness (QED) is 0.634. The van der Waals surface area contributed by atoms with Gasteiger partial charge in [-0.3, -0.25) is 4.79 Å². The van der Waals surface area contributed by atoms with E-state index in [1.54, 1.807) is 17.0 Å². The molecule has 0 unspecified atom stereocenters. The van der Waals surface area contributed by atoms with Crippen molar-refractivity contribution in [3.63, 3.8) is 0 Å². The first-order valence-electron chi connectivity index (χ1n) is 10.8. The molecule has 7 heteroatoms. The maximum Gasteiger partial charge on any atom is 0.318 e.